The zero-order valence-corrected chi connectivity index (χ0v) is 11.0. The van der Waals surface area contributed by atoms with Gasteiger partial charge in [-0.25, -0.2) is 0 Å². The number of benzene rings is 1. The zero-order chi connectivity index (χ0) is 13.1. The van der Waals surface area contributed by atoms with Crippen molar-refractivity contribution in [2.24, 2.45) is 5.92 Å². The van der Waals surface area contributed by atoms with Gasteiger partial charge in [0.25, 0.3) is 0 Å². The fourth-order valence-electron chi connectivity index (χ4n) is 2.87. The van der Waals surface area contributed by atoms with E-state index in [1.165, 1.54) is 6.42 Å². The molecule has 0 spiro atoms. The van der Waals surface area contributed by atoms with Gasteiger partial charge in [0.05, 0.1) is 5.92 Å². The number of hydrogen-bond donors (Lipinski definition) is 2. The topological polar surface area (TPSA) is 63.3 Å². The molecule has 0 aromatic heterocycles. The van der Waals surface area contributed by atoms with Gasteiger partial charge in [-0.05, 0) is 42.5 Å². The first-order valence-corrected chi connectivity index (χ1v) is 6.75. The summed E-state index contributed by atoms with van der Waals surface area (Å²) in [6, 6.07) is 5.08. The molecule has 0 radical (unpaired) electrons. The fraction of sp³-hybridized carbons (Fsp3) is 0.500. The molecule has 3 nitrogen and oxygen atoms in total. The molecule has 18 heavy (non-hydrogen) atoms. The van der Waals surface area contributed by atoms with Crippen molar-refractivity contribution in [3.8, 4) is 0 Å². The number of aliphatic carboxylic acids is 1. The van der Waals surface area contributed by atoms with Crippen LogP contribution in [0.3, 0.4) is 0 Å². The second-order valence-corrected chi connectivity index (χ2v) is 5.42. The van der Waals surface area contributed by atoms with Gasteiger partial charge < -0.3 is 10.8 Å². The Hall–Kier alpha value is -1.22. The summed E-state index contributed by atoms with van der Waals surface area (Å²) >= 11 is 5.96. The van der Waals surface area contributed by atoms with E-state index in [2.05, 4.69) is 0 Å². The van der Waals surface area contributed by atoms with Gasteiger partial charge in [-0.2, -0.15) is 0 Å². The average Bonchev–Trinajstić information content (AvgIpc) is 2.35. The first kappa shape index (κ1) is 13.2. The highest BCUT2D eigenvalue weighted by Gasteiger charge is 2.32. The Morgan fingerprint density at radius 2 is 2.00 bits per heavy atom. The van der Waals surface area contributed by atoms with Crippen molar-refractivity contribution in [2.75, 3.05) is 5.73 Å². The van der Waals surface area contributed by atoms with Gasteiger partial charge in [-0.3, -0.25) is 4.79 Å². The van der Waals surface area contributed by atoms with Gasteiger partial charge in [0.1, 0.15) is 0 Å². The molecule has 3 N–H and O–H groups in total. The second kappa shape index (κ2) is 5.61. The van der Waals surface area contributed by atoms with Gasteiger partial charge in [-0.15, -0.1) is 0 Å². The van der Waals surface area contributed by atoms with Crippen molar-refractivity contribution in [2.45, 2.75) is 38.0 Å². The molecule has 0 amide bonds. The van der Waals surface area contributed by atoms with Crippen molar-refractivity contribution in [1.29, 1.82) is 0 Å². The van der Waals surface area contributed by atoms with Gasteiger partial charge in [0, 0.05) is 10.7 Å². The minimum atomic E-state index is -0.795. The molecule has 1 aromatic carbocycles. The molecule has 4 heteroatoms. The number of carbonyl (C=O) groups is 1. The van der Waals surface area contributed by atoms with Crippen LogP contribution in [0, 0.1) is 5.92 Å². The Morgan fingerprint density at radius 1 is 1.33 bits per heavy atom. The summed E-state index contributed by atoms with van der Waals surface area (Å²) < 4.78 is 0. The van der Waals surface area contributed by atoms with E-state index >= 15 is 0 Å². The van der Waals surface area contributed by atoms with E-state index in [4.69, 9.17) is 17.3 Å². The Bertz CT molecular complexity index is 441. The minimum Gasteiger partial charge on any atom is -0.481 e. The molecule has 98 valence electrons. The van der Waals surface area contributed by atoms with Crippen LogP contribution in [0.2, 0.25) is 5.02 Å². The first-order valence-electron chi connectivity index (χ1n) is 6.37. The summed E-state index contributed by atoms with van der Waals surface area (Å²) in [5, 5.41) is 10.0. The number of hydrogen-bond acceptors (Lipinski definition) is 2. The number of rotatable bonds is 3. The van der Waals surface area contributed by atoms with Crippen LogP contribution in [0.1, 0.15) is 43.6 Å². The van der Waals surface area contributed by atoms with Crippen LogP contribution in [0.5, 0.6) is 0 Å². The summed E-state index contributed by atoms with van der Waals surface area (Å²) in [6.45, 7) is 0. The molecule has 1 atom stereocenters. The summed E-state index contributed by atoms with van der Waals surface area (Å²) in [5.41, 5.74) is 7.11. The van der Waals surface area contributed by atoms with Crippen LogP contribution < -0.4 is 5.73 Å². The molecule has 1 aliphatic rings. The van der Waals surface area contributed by atoms with Crippen LogP contribution >= 0.6 is 11.6 Å². The SMILES string of the molecule is Nc1ccc(Cl)cc1C(C(=O)O)C1CCCCC1. The quantitative estimate of drug-likeness (QED) is 0.822. The lowest BCUT2D eigenvalue weighted by Crippen LogP contribution is -2.24. The second-order valence-electron chi connectivity index (χ2n) is 4.99. The Morgan fingerprint density at radius 3 is 2.61 bits per heavy atom. The summed E-state index contributed by atoms with van der Waals surface area (Å²) in [7, 11) is 0. The highest BCUT2D eigenvalue weighted by molar-refractivity contribution is 6.30. The number of nitrogens with two attached hydrogens (primary N) is 1. The van der Waals surface area contributed by atoms with Gasteiger partial charge >= 0.3 is 5.97 Å². The Balaban J connectivity index is 2.34. The van der Waals surface area contributed by atoms with E-state index in [0.717, 1.165) is 25.7 Å². The predicted molar refractivity (Wildman–Crippen MR) is 72.8 cm³/mol. The molecule has 1 aliphatic carbocycles. The van der Waals surface area contributed by atoms with Crippen molar-refractivity contribution < 1.29 is 9.90 Å². The standard InChI is InChI=1S/C14H18ClNO2/c15-10-6-7-12(16)11(8-10)13(14(17)18)9-4-2-1-3-5-9/h6-9,13H,1-5,16H2,(H,17,18). The van der Waals surface area contributed by atoms with Crippen LogP contribution in [-0.4, -0.2) is 11.1 Å². The third kappa shape index (κ3) is 2.78. The highest BCUT2D eigenvalue weighted by Crippen LogP contribution is 2.39. The Labute approximate surface area is 112 Å². The van der Waals surface area contributed by atoms with Gasteiger partial charge in [0.15, 0.2) is 0 Å². The molecule has 0 aliphatic heterocycles. The minimum absolute atomic E-state index is 0.178. The monoisotopic (exact) mass is 267 g/mol. The maximum Gasteiger partial charge on any atom is 0.311 e. The van der Waals surface area contributed by atoms with Crippen molar-refractivity contribution in [1.82, 2.24) is 0 Å². The fourth-order valence-corrected chi connectivity index (χ4v) is 3.05. The smallest absolute Gasteiger partial charge is 0.311 e. The lowest BCUT2D eigenvalue weighted by Gasteiger charge is -2.28. The Kier molecular flexibility index (Phi) is 4.12. The third-order valence-corrected chi connectivity index (χ3v) is 4.01. The maximum absolute atomic E-state index is 11.6. The molecule has 2 rings (SSSR count). The van der Waals surface area contributed by atoms with Crippen molar-refractivity contribution in [3.63, 3.8) is 0 Å². The van der Waals surface area contributed by atoms with Crippen LogP contribution in [0.25, 0.3) is 0 Å². The lowest BCUT2D eigenvalue weighted by atomic mass is 9.76. The number of halogens is 1. The predicted octanol–water partition coefficient (Wildman–Crippen LogP) is 3.67. The molecule has 0 heterocycles. The molecule has 0 bridgehead atoms. The molecule has 1 aromatic rings. The summed E-state index contributed by atoms with van der Waals surface area (Å²) in [4.78, 5) is 11.6. The van der Waals surface area contributed by atoms with Gasteiger partial charge in [-0.1, -0.05) is 30.9 Å². The van der Waals surface area contributed by atoms with Crippen LogP contribution in [-0.2, 0) is 4.79 Å². The largest absolute Gasteiger partial charge is 0.481 e. The molecule has 1 fully saturated rings. The summed E-state index contributed by atoms with van der Waals surface area (Å²) in [5.74, 6) is -1.14. The number of anilines is 1. The van der Waals surface area contributed by atoms with E-state index in [-0.39, 0.29) is 5.92 Å². The normalized spacial score (nSPS) is 18.5. The zero-order valence-electron chi connectivity index (χ0n) is 10.2. The van der Waals surface area contributed by atoms with E-state index in [1.807, 2.05) is 0 Å². The lowest BCUT2D eigenvalue weighted by molar-refractivity contribution is -0.140. The molecular formula is C14H18ClNO2. The molecule has 1 saturated carbocycles. The molecular weight excluding hydrogens is 250 g/mol. The number of nitrogen functional groups attached to an aromatic ring is 1. The molecule has 1 unspecified atom stereocenters. The molecule has 0 saturated heterocycles. The van der Waals surface area contributed by atoms with E-state index in [0.29, 0.717) is 16.3 Å². The number of carboxylic acid groups (broad SMARTS) is 1. The van der Waals surface area contributed by atoms with Crippen molar-refractivity contribution in [3.05, 3.63) is 28.8 Å². The van der Waals surface area contributed by atoms with E-state index < -0.39 is 11.9 Å². The van der Waals surface area contributed by atoms with Crippen LogP contribution in [0.15, 0.2) is 18.2 Å². The van der Waals surface area contributed by atoms with Gasteiger partial charge in [0.2, 0.25) is 0 Å². The third-order valence-electron chi connectivity index (χ3n) is 3.77. The van der Waals surface area contributed by atoms with E-state index in [1.54, 1.807) is 18.2 Å². The maximum atomic E-state index is 11.6. The van der Waals surface area contributed by atoms with Crippen molar-refractivity contribution >= 4 is 23.3 Å². The first-order chi connectivity index (χ1) is 8.59. The number of carboxylic acids is 1. The van der Waals surface area contributed by atoms with E-state index in [9.17, 15) is 9.90 Å². The van der Waals surface area contributed by atoms with Crippen LogP contribution in [0.4, 0.5) is 5.69 Å². The highest BCUT2D eigenvalue weighted by atomic mass is 35.5. The average molecular weight is 268 g/mol. The summed E-state index contributed by atoms with van der Waals surface area (Å²) in [6.07, 6.45) is 5.34.